The van der Waals surface area contributed by atoms with Crippen molar-refractivity contribution in [2.24, 2.45) is 5.41 Å². The van der Waals surface area contributed by atoms with Crippen LogP contribution in [0, 0.1) is 5.41 Å². The fourth-order valence-electron chi connectivity index (χ4n) is 2.47. The van der Waals surface area contributed by atoms with Gasteiger partial charge in [-0.05, 0) is 44.4 Å². The first-order chi connectivity index (χ1) is 6.08. The summed E-state index contributed by atoms with van der Waals surface area (Å²) in [4.78, 5) is 0. The Morgan fingerprint density at radius 2 is 2.08 bits per heavy atom. The Hall–Kier alpha value is 0.0300. The summed E-state index contributed by atoms with van der Waals surface area (Å²) in [5.74, 6) is 0.798. The van der Waals surface area contributed by atoms with Gasteiger partial charge in [0.2, 0.25) is 0 Å². The molecule has 76 valence electrons. The molecule has 13 heavy (non-hydrogen) atoms. The monoisotopic (exact) mass is 200 g/mol. The van der Waals surface area contributed by atoms with E-state index in [0.717, 1.165) is 12.3 Å². The molecule has 1 aliphatic carbocycles. The van der Waals surface area contributed by atoms with Crippen LogP contribution in [0.2, 0.25) is 0 Å². The highest BCUT2D eigenvalue weighted by atomic mass is 35.5. The van der Waals surface area contributed by atoms with Crippen molar-refractivity contribution in [3.8, 4) is 0 Å². The van der Waals surface area contributed by atoms with Gasteiger partial charge in [-0.3, -0.25) is 0 Å². The van der Waals surface area contributed by atoms with E-state index >= 15 is 0 Å². The standard InChI is InChI=1S/C12H21Cl/c1-10-6-4-8-12(2,3)11(10)7-5-9-13/h4-9H2,1-3H3. The van der Waals surface area contributed by atoms with Crippen molar-refractivity contribution in [3.63, 3.8) is 0 Å². The fourth-order valence-corrected chi connectivity index (χ4v) is 2.60. The number of allylic oxidation sites excluding steroid dienone is 2. The van der Waals surface area contributed by atoms with Crippen LogP contribution in [0.1, 0.15) is 52.9 Å². The largest absolute Gasteiger partial charge is 0.127 e. The van der Waals surface area contributed by atoms with Gasteiger partial charge in [-0.1, -0.05) is 25.0 Å². The summed E-state index contributed by atoms with van der Waals surface area (Å²) >= 11 is 5.74. The van der Waals surface area contributed by atoms with E-state index in [4.69, 9.17) is 11.6 Å². The Balaban J connectivity index is 2.73. The van der Waals surface area contributed by atoms with E-state index in [0.29, 0.717) is 5.41 Å². The molecule has 0 bridgehead atoms. The molecule has 0 aromatic rings. The third-order valence-corrected chi connectivity index (χ3v) is 3.51. The summed E-state index contributed by atoms with van der Waals surface area (Å²) in [6.07, 6.45) is 6.37. The maximum Gasteiger partial charge on any atom is 0.0226 e. The molecule has 0 aromatic carbocycles. The summed E-state index contributed by atoms with van der Waals surface area (Å²) in [6.45, 7) is 7.04. The average Bonchev–Trinajstić information content (AvgIpc) is 2.02. The van der Waals surface area contributed by atoms with Crippen molar-refractivity contribution in [2.45, 2.75) is 52.9 Å². The highest BCUT2D eigenvalue weighted by Gasteiger charge is 2.27. The van der Waals surface area contributed by atoms with Crippen LogP contribution in [0.15, 0.2) is 11.1 Å². The predicted octanol–water partition coefficient (Wildman–Crippen LogP) is 4.53. The Kier molecular flexibility index (Phi) is 3.85. The molecule has 0 aromatic heterocycles. The number of rotatable bonds is 3. The van der Waals surface area contributed by atoms with Crippen LogP contribution < -0.4 is 0 Å². The molecule has 1 heteroatoms. The van der Waals surface area contributed by atoms with E-state index in [2.05, 4.69) is 20.8 Å². The van der Waals surface area contributed by atoms with E-state index in [1.165, 1.54) is 25.7 Å². The minimum Gasteiger partial charge on any atom is -0.127 e. The normalized spacial score (nSPS) is 22.2. The van der Waals surface area contributed by atoms with Crippen LogP contribution in [-0.4, -0.2) is 5.88 Å². The summed E-state index contributed by atoms with van der Waals surface area (Å²) < 4.78 is 0. The Morgan fingerprint density at radius 1 is 1.38 bits per heavy atom. The smallest absolute Gasteiger partial charge is 0.0226 e. The van der Waals surface area contributed by atoms with Gasteiger partial charge in [0.05, 0.1) is 0 Å². The Morgan fingerprint density at radius 3 is 2.62 bits per heavy atom. The van der Waals surface area contributed by atoms with E-state index in [1.807, 2.05) is 0 Å². The third kappa shape index (κ3) is 2.74. The van der Waals surface area contributed by atoms with Crippen LogP contribution >= 0.6 is 11.6 Å². The van der Waals surface area contributed by atoms with Crippen LogP contribution in [0.25, 0.3) is 0 Å². The third-order valence-electron chi connectivity index (χ3n) is 3.25. The molecule has 0 aliphatic heterocycles. The maximum absolute atomic E-state index is 5.74. The summed E-state index contributed by atoms with van der Waals surface area (Å²) in [7, 11) is 0. The van der Waals surface area contributed by atoms with Gasteiger partial charge in [0.1, 0.15) is 0 Å². The van der Waals surface area contributed by atoms with Crippen LogP contribution in [0.4, 0.5) is 0 Å². The van der Waals surface area contributed by atoms with Gasteiger partial charge >= 0.3 is 0 Å². The SMILES string of the molecule is CC1=C(CCCCl)C(C)(C)CCC1. The van der Waals surface area contributed by atoms with Crippen LogP contribution in [0.3, 0.4) is 0 Å². The van der Waals surface area contributed by atoms with Crippen molar-refractivity contribution in [1.82, 2.24) is 0 Å². The minimum absolute atomic E-state index is 0.439. The molecule has 0 saturated carbocycles. The van der Waals surface area contributed by atoms with Crippen molar-refractivity contribution in [1.29, 1.82) is 0 Å². The summed E-state index contributed by atoms with van der Waals surface area (Å²) in [5.41, 5.74) is 3.75. The predicted molar refractivity (Wildman–Crippen MR) is 60.3 cm³/mol. The molecular formula is C12H21Cl. The first-order valence-corrected chi connectivity index (χ1v) is 5.86. The topological polar surface area (TPSA) is 0 Å². The molecule has 0 unspecified atom stereocenters. The maximum atomic E-state index is 5.74. The molecule has 0 nitrogen and oxygen atoms in total. The van der Waals surface area contributed by atoms with Gasteiger partial charge in [0, 0.05) is 5.88 Å². The number of alkyl halides is 1. The van der Waals surface area contributed by atoms with E-state index in [9.17, 15) is 0 Å². The van der Waals surface area contributed by atoms with Gasteiger partial charge in [-0.2, -0.15) is 0 Å². The second-order valence-electron chi connectivity index (χ2n) is 4.79. The lowest BCUT2D eigenvalue weighted by Gasteiger charge is -2.34. The van der Waals surface area contributed by atoms with Gasteiger partial charge in [-0.25, -0.2) is 0 Å². The van der Waals surface area contributed by atoms with E-state index < -0.39 is 0 Å². The molecule has 0 N–H and O–H groups in total. The second kappa shape index (κ2) is 4.50. The van der Waals surface area contributed by atoms with E-state index in [1.54, 1.807) is 11.1 Å². The molecule has 1 rings (SSSR count). The lowest BCUT2D eigenvalue weighted by molar-refractivity contribution is 0.353. The van der Waals surface area contributed by atoms with E-state index in [-0.39, 0.29) is 0 Å². The summed E-state index contributed by atoms with van der Waals surface area (Å²) in [6, 6.07) is 0. The van der Waals surface area contributed by atoms with Crippen molar-refractivity contribution in [3.05, 3.63) is 11.1 Å². The first kappa shape index (κ1) is 11.1. The van der Waals surface area contributed by atoms with Gasteiger partial charge < -0.3 is 0 Å². The molecule has 0 saturated heterocycles. The molecule has 0 heterocycles. The Bertz CT molecular complexity index is 201. The first-order valence-electron chi connectivity index (χ1n) is 5.33. The molecule has 1 aliphatic rings. The van der Waals surface area contributed by atoms with Crippen molar-refractivity contribution < 1.29 is 0 Å². The minimum atomic E-state index is 0.439. The second-order valence-corrected chi connectivity index (χ2v) is 5.17. The van der Waals surface area contributed by atoms with Crippen LogP contribution in [-0.2, 0) is 0 Å². The zero-order valence-corrected chi connectivity index (χ0v) is 9.88. The lowest BCUT2D eigenvalue weighted by atomic mass is 9.71. The highest BCUT2D eigenvalue weighted by molar-refractivity contribution is 6.17. The number of hydrogen-bond donors (Lipinski definition) is 0. The van der Waals surface area contributed by atoms with Crippen molar-refractivity contribution >= 4 is 11.6 Å². The number of halogens is 1. The molecular weight excluding hydrogens is 180 g/mol. The van der Waals surface area contributed by atoms with Crippen molar-refractivity contribution in [2.75, 3.05) is 5.88 Å². The zero-order chi connectivity index (χ0) is 9.90. The molecule has 0 spiro atoms. The van der Waals surface area contributed by atoms with Gasteiger partial charge in [0.25, 0.3) is 0 Å². The Labute approximate surface area is 87.4 Å². The van der Waals surface area contributed by atoms with Gasteiger partial charge in [-0.15, -0.1) is 11.6 Å². The molecule has 0 radical (unpaired) electrons. The van der Waals surface area contributed by atoms with Crippen LogP contribution in [0.5, 0.6) is 0 Å². The molecule has 0 fully saturated rings. The summed E-state index contributed by atoms with van der Waals surface area (Å²) in [5, 5.41) is 0. The highest BCUT2D eigenvalue weighted by Crippen LogP contribution is 2.42. The van der Waals surface area contributed by atoms with Gasteiger partial charge in [0.15, 0.2) is 0 Å². The zero-order valence-electron chi connectivity index (χ0n) is 9.12. The molecule has 0 amide bonds. The lowest BCUT2D eigenvalue weighted by Crippen LogP contribution is -2.20. The average molecular weight is 201 g/mol. The fraction of sp³-hybridized carbons (Fsp3) is 0.833. The number of hydrogen-bond acceptors (Lipinski definition) is 0. The molecule has 0 atom stereocenters. The quantitative estimate of drug-likeness (QED) is 0.464.